The van der Waals surface area contributed by atoms with Crippen molar-refractivity contribution < 1.29 is 8.42 Å². The van der Waals surface area contributed by atoms with Crippen molar-refractivity contribution >= 4 is 21.6 Å². The van der Waals surface area contributed by atoms with Crippen molar-refractivity contribution in [1.82, 2.24) is 9.21 Å². The molecule has 2 aromatic rings. The van der Waals surface area contributed by atoms with Gasteiger partial charge in [-0.05, 0) is 41.8 Å². The second kappa shape index (κ2) is 7.87. The lowest BCUT2D eigenvalue weighted by atomic mass is 10.1. The molecule has 1 fully saturated rings. The maximum atomic E-state index is 12.7. The fourth-order valence-electron chi connectivity index (χ4n) is 3.02. The summed E-state index contributed by atoms with van der Waals surface area (Å²) in [6, 6.07) is 15.0. The van der Waals surface area contributed by atoms with Crippen molar-refractivity contribution in [3.05, 3.63) is 64.7 Å². The van der Waals surface area contributed by atoms with Crippen molar-refractivity contribution in [2.75, 3.05) is 26.2 Å². The van der Waals surface area contributed by atoms with Crippen molar-refractivity contribution in [3.63, 3.8) is 0 Å². The Labute approximate surface area is 155 Å². The van der Waals surface area contributed by atoms with Gasteiger partial charge in [0.2, 0.25) is 10.0 Å². The first kappa shape index (κ1) is 18.4. The molecule has 0 amide bonds. The summed E-state index contributed by atoms with van der Waals surface area (Å²) in [5.74, 6) is 0. The molecular formula is C19H23ClN2O2S. The van der Waals surface area contributed by atoms with E-state index < -0.39 is 10.0 Å². The molecule has 0 bridgehead atoms. The van der Waals surface area contributed by atoms with Crippen molar-refractivity contribution in [3.8, 4) is 0 Å². The predicted molar refractivity (Wildman–Crippen MR) is 101 cm³/mol. The van der Waals surface area contributed by atoms with E-state index in [0.717, 1.165) is 26.1 Å². The van der Waals surface area contributed by atoms with Crippen LogP contribution in [0.25, 0.3) is 0 Å². The fraction of sp³-hybridized carbons (Fsp3) is 0.368. The third-order valence-electron chi connectivity index (χ3n) is 4.62. The average molecular weight is 379 g/mol. The van der Waals surface area contributed by atoms with Crippen LogP contribution in [0.15, 0.2) is 53.4 Å². The molecule has 0 aromatic heterocycles. The molecule has 0 unspecified atom stereocenters. The number of benzene rings is 2. The van der Waals surface area contributed by atoms with Gasteiger partial charge < -0.3 is 0 Å². The fourth-order valence-corrected chi connectivity index (χ4v) is 4.57. The summed E-state index contributed by atoms with van der Waals surface area (Å²) in [6.07, 6.45) is 1.04. The highest BCUT2D eigenvalue weighted by Crippen LogP contribution is 2.20. The van der Waals surface area contributed by atoms with Crippen LogP contribution < -0.4 is 0 Å². The standard InChI is InChI=1S/C19H23ClN2O2S/c1-2-16-3-5-17(6-4-16)15-21-11-13-22(14-12-21)25(23,24)19-9-7-18(20)8-10-19/h3-10H,2,11-15H2,1H3. The molecule has 0 aliphatic carbocycles. The lowest BCUT2D eigenvalue weighted by molar-refractivity contribution is 0.181. The lowest BCUT2D eigenvalue weighted by Gasteiger charge is -2.34. The second-order valence-corrected chi connectivity index (χ2v) is 8.68. The van der Waals surface area contributed by atoms with E-state index in [1.54, 1.807) is 28.6 Å². The Bertz CT molecular complexity index is 796. The SMILES string of the molecule is CCc1ccc(CN2CCN(S(=O)(=O)c3ccc(Cl)cc3)CC2)cc1. The van der Waals surface area contributed by atoms with E-state index >= 15 is 0 Å². The Balaban J connectivity index is 1.60. The highest BCUT2D eigenvalue weighted by atomic mass is 35.5. The van der Waals surface area contributed by atoms with E-state index in [0.29, 0.717) is 23.0 Å². The number of halogens is 1. The first-order valence-corrected chi connectivity index (χ1v) is 10.4. The Hall–Kier alpha value is -1.40. The molecule has 4 nitrogen and oxygen atoms in total. The molecule has 1 heterocycles. The van der Waals surface area contributed by atoms with E-state index in [1.165, 1.54) is 11.1 Å². The monoisotopic (exact) mass is 378 g/mol. The zero-order valence-corrected chi connectivity index (χ0v) is 15.9. The van der Waals surface area contributed by atoms with Gasteiger partial charge in [0.05, 0.1) is 4.90 Å². The summed E-state index contributed by atoms with van der Waals surface area (Å²) in [5, 5.41) is 0.540. The highest BCUT2D eigenvalue weighted by Gasteiger charge is 2.28. The van der Waals surface area contributed by atoms with E-state index in [2.05, 4.69) is 36.1 Å². The van der Waals surface area contributed by atoms with Gasteiger partial charge in [-0.2, -0.15) is 4.31 Å². The Morgan fingerprint density at radius 3 is 2.00 bits per heavy atom. The number of rotatable bonds is 5. The molecule has 134 valence electrons. The van der Waals surface area contributed by atoms with E-state index in [1.807, 2.05) is 0 Å². The maximum Gasteiger partial charge on any atom is 0.243 e. The molecule has 0 N–H and O–H groups in total. The third-order valence-corrected chi connectivity index (χ3v) is 6.78. The summed E-state index contributed by atoms with van der Waals surface area (Å²) in [4.78, 5) is 2.61. The van der Waals surface area contributed by atoms with Crippen LogP contribution in [0.3, 0.4) is 0 Å². The van der Waals surface area contributed by atoms with Gasteiger partial charge >= 0.3 is 0 Å². The quantitative estimate of drug-likeness (QED) is 0.800. The van der Waals surface area contributed by atoms with Gasteiger partial charge in [0, 0.05) is 37.7 Å². The van der Waals surface area contributed by atoms with Gasteiger partial charge in [-0.3, -0.25) is 4.90 Å². The molecule has 2 aromatic carbocycles. The molecule has 25 heavy (non-hydrogen) atoms. The predicted octanol–water partition coefficient (Wildman–Crippen LogP) is 3.41. The largest absolute Gasteiger partial charge is 0.296 e. The van der Waals surface area contributed by atoms with Crippen LogP contribution in [-0.2, 0) is 23.0 Å². The van der Waals surface area contributed by atoms with Crippen LogP contribution in [-0.4, -0.2) is 43.8 Å². The molecule has 1 saturated heterocycles. The van der Waals surface area contributed by atoms with Crippen LogP contribution in [0.5, 0.6) is 0 Å². The normalized spacial score (nSPS) is 16.9. The van der Waals surface area contributed by atoms with Crippen LogP contribution in [0.4, 0.5) is 0 Å². The lowest BCUT2D eigenvalue weighted by Crippen LogP contribution is -2.48. The summed E-state index contributed by atoms with van der Waals surface area (Å²) < 4.78 is 27.0. The molecule has 0 spiro atoms. The van der Waals surface area contributed by atoms with E-state index in [9.17, 15) is 8.42 Å². The molecule has 0 saturated carbocycles. The summed E-state index contributed by atoms with van der Waals surface area (Å²) >= 11 is 5.85. The highest BCUT2D eigenvalue weighted by molar-refractivity contribution is 7.89. The molecule has 1 aliphatic rings. The first-order chi connectivity index (χ1) is 12.0. The van der Waals surface area contributed by atoms with Crippen LogP contribution in [0.1, 0.15) is 18.1 Å². The molecule has 0 radical (unpaired) electrons. The summed E-state index contributed by atoms with van der Waals surface area (Å²) in [7, 11) is -3.44. The number of hydrogen-bond donors (Lipinski definition) is 0. The van der Waals surface area contributed by atoms with E-state index in [4.69, 9.17) is 11.6 Å². The van der Waals surface area contributed by atoms with Gasteiger partial charge in [0.15, 0.2) is 0 Å². The molecule has 6 heteroatoms. The Morgan fingerprint density at radius 1 is 0.880 bits per heavy atom. The van der Waals surface area contributed by atoms with Crippen LogP contribution in [0.2, 0.25) is 5.02 Å². The van der Waals surface area contributed by atoms with Crippen molar-refractivity contribution in [2.45, 2.75) is 24.8 Å². The average Bonchev–Trinajstić information content (AvgIpc) is 2.63. The van der Waals surface area contributed by atoms with Crippen molar-refractivity contribution in [2.24, 2.45) is 0 Å². The number of aryl methyl sites for hydroxylation is 1. The smallest absolute Gasteiger partial charge is 0.243 e. The zero-order chi connectivity index (χ0) is 17.9. The third kappa shape index (κ3) is 4.42. The minimum atomic E-state index is -3.44. The van der Waals surface area contributed by atoms with Gasteiger partial charge in [-0.25, -0.2) is 8.42 Å². The van der Waals surface area contributed by atoms with Crippen molar-refractivity contribution in [1.29, 1.82) is 0 Å². The number of hydrogen-bond acceptors (Lipinski definition) is 3. The number of sulfonamides is 1. The Kier molecular flexibility index (Phi) is 5.79. The summed E-state index contributed by atoms with van der Waals surface area (Å²) in [6.45, 7) is 5.51. The number of nitrogens with zero attached hydrogens (tertiary/aromatic N) is 2. The molecule has 1 aliphatic heterocycles. The molecule has 0 atom stereocenters. The van der Waals surface area contributed by atoms with Gasteiger partial charge in [-0.1, -0.05) is 42.8 Å². The van der Waals surface area contributed by atoms with Crippen LogP contribution >= 0.6 is 11.6 Å². The van der Waals surface area contributed by atoms with E-state index in [-0.39, 0.29) is 0 Å². The van der Waals surface area contributed by atoms with Crippen LogP contribution in [0, 0.1) is 0 Å². The maximum absolute atomic E-state index is 12.7. The number of piperazine rings is 1. The Morgan fingerprint density at radius 2 is 1.44 bits per heavy atom. The minimum absolute atomic E-state index is 0.306. The van der Waals surface area contributed by atoms with Gasteiger partial charge in [0.25, 0.3) is 0 Å². The summed E-state index contributed by atoms with van der Waals surface area (Å²) in [5.41, 5.74) is 2.61. The first-order valence-electron chi connectivity index (χ1n) is 8.55. The molecule has 3 rings (SSSR count). The zero-order valence-electron chi connectivity index (χ0n) is 14.4. The topological polar surface area (TPSA) is 40.6 Å². The van der Waals surface area contributed by atoms with Gasteiger partial charge in [0.1, 0.15) is 0 Å². The minimum Gasteiger partial charge on any atom is -0.296 e. The molecular weight excluding hydrogens is 356 g/mol. The second-order valence-electron chi connectivity index (χ2n) is 6.30. The van der Waals surface area contributed by atoms with Gasteiger partial charge in [-0.15, -0.1) is 0 Å².